The van der Waals surface area contributed by atoms with Crippen molar-refractivity contribution in [3.63, 3.8) is 0 Å². The predicted molar refractivity (Wildman–Crippen MR) is 64.9 cm³/mol. The Hall–Kier alpha value is -0.540. The first-order valence-electron chi connectivity index (χ1n) is 6.29. The summed E-state index contributed by atoms with van der Waals surface area (Å²) in [5.41, 5.74) is 0. The SMILES string of the molecule is Clc1cnc(C2CC2)n1CC1CCCCN1. The van der Waals surface area contributed by atoms with Gasteiger partial charge in [0, 0.05) is 18.5 Å². The molecule has 0 amide bonds. The zero-order chi connectivity index (χ0) is 11.0. The minimum absolute atomic E-state index is 0.581. The van der Waals surface area contributed by atoms with Crippen LogP contribution in [0.4, 0.5) is 0 Å². The van der Waals surface area contributed by atoms with Crippen LogP contribution in [0.5, 0.6) is 0 Å². The van der Waals surface area contributed by atoms with Crippen LogP contribution in [0.3, 0.4) is 0 Å². The second-order valence-electron chi connectivity index (χ2n) is 4.97. The average molecular weight is 240 g/mol. The minimum atomic E-state index is 0.581. The molecule has 0 aromatic carbocycles. The largest absolute Gasteiger partial charge is 0.317 e. The van der Waals surface area contributed by atoms with Crippen LogP contribution in [0.1, 0.15) is 43.8 Å². The molecule has 1 aliphatic heterocycles. The molecular weight excluding hydrogens is 222 g/mol. The van der Waals surface area contributed by atoms with Crippen LogP contribution in [-0.2, 0) is 6.54 Å². The van der Waals surface area contributed by atoms with Crippen LogP contribution in [-0.4, -0.2) is 22.1 Å². The van der Waals surface area contributed by atoms with Gasteiger partial charge in [-0.25, -0.2) is 4.98 Å². The van der Waals surface area contributed by atoms with Crippen LogP contribution in [0.2, 0.25) is 5.15 Å². The number of halogens is 1. The van der Waals surface area contributed by atoms with E-state index in [-0.39, 0.29) is 0 Å². The van der Waals surface area contributed by atoms with Crippen molar-refractivity contribution in [2.24, 2.45) is 0 Å². The first-order valence-corrected chi connectivity index (χ1v) is 6.66. The smallest absolute Gasteiger partial charge is 0.128 e. The standard InChI is InChI=1S/C12H18ClN3/c13-11-7-15-12(9-4-5-9)16(11)8-10-3-1-2-6-14-10/h7,9-10,14H,1-6,8H2. The number of hydrogen-bond acceptors (Lipinski definition) is 2. The lowest BCUT2D eigenvalue weighted by atomic mass is 10.1. The highest BCUT2D eigenvalue weighted by molar-refractivity contribution is 6.29. The zero-order valence-electron chi connectivity index (χ0n) is 9.45. The maximum absolute atomic E-state index is 6.21. The summed E-state index contributed by atoms with van der Waals surface area (Å²) < 4.78 is 2.21. The number of hydrogen-bond donors (Lipinski definition) is 1. The molecule has 2 heterocycles. The molecule has 0 radical (unpaired) electrons. The van der Waals surface area contributed by atoms with E-state index in [1.165, 1.54) is 37.9 Å². The third kappa shape index (κ3) is 2.11. The highest BCUT2D eigenvalue weighted by Crippen LogP contribution is 2.40. The topological polar surface area (TPSA) is 29.9 Å². The van der Waals surface area contributed by atoms with E-state index in [1.54, 1.807) is 6.20 Å². The zero-order valence-corrected chi connectivity index (χ0v) is 10.2. The summed E-state index contributed by atoms with van der Waals surface area (Å²) >= 11 is 6.21. The van der Waals surface area contributed by atoms with E-state index < -0.39 is 0 Å². The van der Waals surface area contributed by atoms with Crippen molar-refractivity contribution in [1.29, 1.82) is 0 Å². The molecular formula is C12H18ClN3. The van der Waals surface area contributed by atoms with E-state index in [1.807, 2.05) is 0 Å². The molecule has 88 valence electrons. The Morgan fingerprint density at radius 2 is 2.25 bits per heavy atom. The molecule has 1 aromatic heterocycles. The van der Waals surface area contributed by atoms with Crippen LogP contribution in [0.25, 0.3) is 0 Å². The number of rotatable bonds is 3. The highest BCUT2D eigenvalue weighted by atomic mass is 35.5. The van der Waals surface area contributed by atoms with Crippen molar-refractivity contribution in [1.82, 2.24) is 14.9 Å². The van der Waals surface area contributed by atoms with E-state index in [9.17, 15) is 0 Å². The van der Waals surface area contributed by atoms with Gasteiger partial charge < -0.3 is 9.88 Å². The quantitative estimate of drug-likeness (QED) is 0.879. The van der Waals surface area contributed by atoms with Gasteiger partial charge in [0.2, 0.25) is 0 Å². The summed E-state index contributed by atoms with van der Waals surface area (Å²) in [7, 11) is 0. The van der Waals surface area contributed by atoms with Crippen molar-refractivity contribution in [2.75, 3.05) is 6.54 Å². The van der Waals surface area contributed by atoms with Crippen molar-refractivity contribution in [3.05, 3.63) is 17.2 Å². The Kier molecular flexibility index (Phi) is 2.90. The third-order valence-corrected chi connectivity index (χ3v) is 3.90. The van der Waals surface area contributed by atoms with Crippen LogP contribution in [0, 0.1) is 0 Å². The van der Waals surface area contributed by atoms with E-state index in [2.05, 4.69) is 14.9 Å². The molecule has 1 unspecified atom stereocenters. The number of imidazole rings is 1. The minimum Gasteiger partial charge on any atom is -0.317 e. The van der Waals surface area contributed by atoms with Crippen LogP contribution >= 0.6 is 11.6 Å². The highest BCUT2D eigenvalue weighted by Gasteiger charge is 2.29. The molecule has 1 saturated carbocycles. The molecule has 2 aliphatic rings. The van der Waals surface area contributed by atoms with Gasteiger partial charge >= 0.3 is 0 Å². The van der Waals surface area contributed by atoms with E-state index in [0.29, 0.717) is 12.0 Å². The van der Waals surface area contributed by atoms with Gasteiger partial charge in [-0.2, -0.15) is 0 Å². The monoisotopic (exact) mass is 239 g/mol. The summed E-state index contributed by atoms with van der Waals surface area (Å²) in [6.45, 7) is 2.14. The molecule has 0 bridgehead atoms. The van der Waals surface area contributed by atoms with Gasteiger partial charge in [0.05, 0.1) is 6.20 Å². The van der Waals surface area contributed by atoms with E-state index in [0.717, 1.165) is 18.2 Å². The lowest BCUT2D eigenvalue weighted by Crippen LogP contribution is -2.37. The fraction of sp³-hybridized carbons (Fsp3) is 0.750. The fourth-order valence-corrected chi connectivity index (χ4v) is 2.72. The number of piperidine rings is 1. The predicted octanol–water partition coefficient (Wildman–Crippen LogP) is 2.56. The maximum Gasteiger partial charge on any atom is 0.128 e. The summed E-state index contributed by atoms with van der Waals surface area (Å²) in [6, 6.07) is 0.581. The molecule has 1 aromatic rings. The second-order valence-corrected chi connectivity index (χ2v) is 5.36. The second kappa shape index (κ2) is 4.38. The first kappa shape index (κ1) is 10.6. The Morgan fingerprint density at radius 3 is 2.94 bits per heavy atom. The number of nitrogens with zero attached hydrogens (tertiary/aromatic N) is 2. The Balaban J connectivity index is 1.74. The van der Waals surface area contributed by atoms with Gasteiger partial charge in [0.1, 0.15) is 11.0 Å². The molecule has 0 spiro atoms. The van der Waals surface area contributed by atoms with Gasteiger partial charge in [-0.15, -0.1) is 0 Å². The van der Waals surface area contributed by atoms with Gasteiger partial charge in [-0.3, -0.25) is 0 Å². The van der Waals surface area contributed by atoms with Crippen molar-refractivity contribution in [2.45, 2.75) is 50.6 Å². The summed E-state index contributed by atoms with van der Waals surface area (Å²) in [4.78, 5) is 4.45. The van der Waals surface area contributed by atoms with Crippen molar-refractivity contribution in [3.8, 4) is 0 Å². The normalized spacial score (nSPS) is 25.9. The molecule has 1 aliphatic carbocycles. The number of aromatic nitrogens is 2. The molecule has 3 nitrogen and oxygen atoms in total. The van der Waals surface area contributed by atoms with E-state index >= 15 is 0 Å². The van der Waals surface area contributed by atoms with Gasteiger partial charge in [0.15, 0.2) is 0 Å². The average Bonchev–Trinajstić information content (AvgIpc) is 3.08. The maximum atomic E-state index is 6.21. The van der Waals surface area contributed by atoms with Gasteiger partial charge in [0.25, 0.3) is 0 Å². The molecule has 1 N–H and O–H groups in total. The van der Waals surface area contributed by atoms with Crippen LogP contribution < -0.4 is 5.32 Å². The summed E-state index contributed by atoms with van der Waals surface area (Å²) in [5, 5.41) is 4.36. The molecule has 4 heteroatoms. The van der Waals surface area contributed by atoms with Gasteiger partial charge in [-0.05, 0) is 32.2 Å². The summed E-state index contributed by atoms with van der Waals surface area (Å²) in [6.07, 6.45) is 8.28. The molecule has 3 rings (SSSR count). The molecule has 1 saturated heterocycles. The molecule has 16 heavy (non-hydrogen) atoms. The van der Waals surface area contributed by atoms with E-state index in [4.69, 9.17) is 11.6 Å². The lowest BCUT2D eigenvalue weighted by molar-refractivity contribution is 0.359. The molecule has 2 fully saturated rings. The lowest BCUT2D eigenvalue weighted by Gasteiger charge is -2.24. The van der Waals surface area contributed by atoms with Crippen molar-refractivity contribution < 1.29 is 0 Å². The molecule has 1 atom stereocenters. The third-order valence-electron chi connectivity index (χ3n) is 3.60. The Morgan fingerprint density at radius 1 is 1.38 bits per heavy atom. The Labute approximate surface area is 101 Å². The Bertz CT molecular complexity index is 364. The van der Waals surface area contributed by atoms with Gasteiger partial charge in [-0.1, -0.05) is 18.0 Å². The summed E-state index contributed by atoms with van der Waals surface area (Å²) in [5.74, 6) is 1.88. The number of nitrogens with one attached hydrogen (secondary N) is 1. The van der Waals surface area contributed by atoms with Crippen molar-refractivity contribution >= 4 is 11.6 Å². The first-order chi connectivity index (χ1) is 7.84. The fourth-order valence-electron chi connectivity index (χ4n) is 2.52. The van der Waals surface area contributed by atoms with Crippen LogP contribution in [0.15, 0.2) is 6.20 Å².